The van der Waals surface area contributed by atoms with Crippen molar-refractivity contribution in [2.24, 2.45) is 0 Å². The zero-order valence-electron chi connectivity index (χ0n) is 18.4. The van der Waals surface area contributed by atoms with Crippen LogP contribution in [0.2, 0.25) is 0 Å². The molecule has 2 aromatic carbocycles. The molecule has 0 bridgehead atoms. The molecule has 188 valence electrons. The minimum Gasteiger partial charge on any atom is -0.466 e. The topological polar surface area (TPSA) is 74.3 Å². The molecule has 0 N–H and O–H groups in total. The Hall–Kier alpha value is -3.74. The van der Waals surface area contributed by atoms with E-state index in [1.54, 1.807) is 0 Å². The van der Waals surface area contributed by atoms with Crippen LogP contribution in [0.15, 0.2) is 35.5 Å². The molecule has 13 heteroatoms. The SMILES string of the molecule is COC(=O)C1=C(C(=O)OC)N(c2cc(Oc3c(F)cc(C(F)(F)F)cc3F)c(C)cc2F)COC1. The summed E-state index contributed by atoms with van der Waals surface area (Å²) in [5.74, 6) is -7.73. The van der Waals surface area contributed by atoms with Gasteiger partial charge in [-0.1, -0.05) is 0 Å². The molecule has 0 amide bonds. The number of nitrogens with zero attached hydrogens (tertiary/aromatic N) is 1. The predicted molar refractivity (Wildman–Crippen MR) is 107 cm³/mol. The molecule has 1 aliphatic heterocycles. The Balaban J connectivity index is 2.10. The number of hydrogen-bond acceptors (Lipinski definition) is 7. The van der Waals surface area contributed by atoms with Crippen LogP contribution in [0.5, 0.6) is 11.5 Å². The summed E-state index contributed by atoms with van der Waals surface area (Å²) in [6, 6.07) is 1.94. The third-order valence-corrected chi connectivity index (χ3v) is 4.91. The Morgan fingerprint density at radius 2 is 1.54 bits per heavy atom. The van der Waals surface area contributed by atoms with Crippen molar-refractivity contribution in [3.05, 3.63) is 64.1 Å². The standard InChI is InChI=1S/C22H17F6NO6/c1-10-4-13(23)16(29-9-34-8-12(20(30)32-2)18(29)21(31)33-3)7-17(10)35-19-14(24)5-11(6-15(19)25)22(26,27)28/h4-7H,8-9H2,1-3H3. The Labute approximate surface area is 194 Å². The number of anilines is 1. The fourth-order valence-electron chi connectivity index (χ4n) is 3.22. The maximum Gasteiger partial charge on any atom is 0.416 e. The average molecular weight is 505 g/mol. The van der Waals surface area contributed by atoms with Crippen LogP contribution in [-0.4, -0.2) is 39.5 Å². The molecular weight excluding hydrogens is 488 g/mol. The van der Waals surface area contributed by atoms with E-state index in [4.69, 9.17) is 9.47 Å². The summed E-state index contributed by atoms with van der Waals surface area (Å²) in [4.78, 5) is 25.4. The second kappa shape index (κ2) is 9.86. The van der Waals surface area contributed by atoms with E-state index in [-0.39, 0.29) is 35.6 Å². The Kier molecular flexibility index (Phi) is 7.29. The molecule has 7 nitrogen and oxygen atoms in total. The van der Waals surface area contributed by atoms with Crippen LogP contribution in [0, 0.1) is 24.4 Å². The third kappa shape index (κ3) is 5.19. The number of carbonyl (C=O) groups is 2. The van der Waals surface area contributed by atoms with E-state index in [1.807, 2.05) is 0 Å². The molecule has 3 rings (SSSR count). The largest absolute Gasteiger partial charge is 0.466 e. The Morgan fingerprint density at radius 3 is 2.09 bits per heavy atom. The van der Waals surface area contributed by atoms with Crippen molar-refractivity contribution in [3.63, 3.8) is 0 Å². The molecule has 0 atom stereocenters. The van der Waals surface area contributed by atoms with Gasteiger partial charge in [-0.3, -0.25) is 0 Å². The first-order chi connectivity index (χ1) is 16.4. The van der Waals surface area contributed by atoms with E-state index in [2.05, 4.69) is 9.47 Å². The first-order valence-corrected chi connectivity index (χ1v) is 9.68. The summed E-state index contributed by atoms with van der Waals surface area (Å²) in [6.07, 6.45) is -5.00. The lowest BCUT2D eigenvalue weighted by Gasteiger charge is -2.31. The highest BCUT2D eigenvalue weighted by molar-refractivity contribution is 6.03. The van der Waals surface area contributed by atoms with Crippen molar-refractivity contribution in [2.45, 2.75) is 13.1 Å². The molecule has 35 heavy (non-hydrogen) atoms. The molecule has 0 radical (unpaired) electrons. The summed E-state index contributed by atoms with van der Waals surface area (Å²) >= 11 is 0. The number of alkyl halides is 3. The zero-order chi connectivity index (χ0) is 26.1. The van der Waals surface area contributed by atoms with Crippen molar-refractivity contribution in [1.82, 2.24) is 0 Å². The molecule has 0 fully saturated rings. The quantitative estimate of drug-likeness (QED) is 0.434. The van der Waals surface area contributed by atoms with Gasteiger partial charge in [0.1, 0.15) is 24.0 Å². The third-order valence-electron chi connectivity index (χ3n) is 4.91. The number of ether oxygens (including phenoxy) is 4. The monoisotopic (exact) mass is 505 g/mol. The molecule has 0 spiro atoms. The van der Waals surface area contributed by atoms with Crippen LogP contribution in [0.1, 0.15) is 11.1 Å². The number of aryl methyl sites for hydroxylation is 1. The van der Waals surface area contributed by atoms with Gasteiger partial charge in [0.25, 0.3) is 0 Å². The second-order valence-corrected chi connectivity index (χ2v) is 7.15. The normalized spacial score (nSPS) is 14.1. The fourth-order valence-corrected chi connectivity index (χ4v) is 3.22. The zero-order valence-corrected chi connectivity index (χ0v) is 18.4. The van der Waals surface area contributed by atoms with Crippen LogP contribution >= 0.6 is 0 Å². The molecule has 0 aliphatic carbocycles. The molecule has 0 saturated carbocycles. The molecule has 0 aromatic heterocycles. The van der Waals surface area contributed by atoms with Crippen molar-refractivity contribution in [1.29, 1.82) is 0 Å². The number of methoxy groups -OCH3 is 2. The molecule has 0 saturated heterocycles. The Bertz CT molecular complexity index is 1190. The highest BCUT2D eigenvalue weighted by Crippen LogP contribution is 2.39. The predicted octanol–water partition coefficient (Wildman–Crippen LogP) is 4.62. The van der Waals surface area contributed by atoms with Crippen molar-refractivity contribution < 1.29 is 54.9 Å². The molecular formula is C22H17F6NO6. The highest BCUT2D eigenvalue weighted by Gasteiger charge is 2.35. The van der Waals surface area contributed by atoms with E-state index in [9.17, 15) is 35.9 Å². The van der Waals surface area contributed by atoms with Crippen molar-refractivity contribution in [2.75, 3.05) is 32.5 Å². The van der Waals surface area contributed by atoms with Crippen LogP contribution in [0.4, 0.5) is 32.0 Å². The minimum atomic E-state index is -5.00. The van der Waals surface area contributed by atoms with Crippen LogP contribution in [0.25, 0.3) is 0 Å². The van der Waals surface area contributed by atoms with Gasteiger partial charge < -0.3 is 23.8 Å². The smallest absolute Gasteiger partial charge is 0.416 e. The van der Waals surface area contributed by atoms with Gasteiger partial charge >= 0.3 is 18.1 Å². The first-order valence-electron chi connectivity index (χ1n) is 9.68. The van der Waals surface area contributed by atoms with E-state index < -0.39 is 65.0 Å². The molecule has 2 aromatic rings. The molecule has 1 heterocycles. The van der Waals surface area contributed by atoms with Gasteiger partial charge in [0.05, 0.1) is 37.7 Å². The van der Waals surface area contributed by atoms with Crippen LogP contribution < -0.4 is 9.64 Å². The van der Waals surface area contributed by atoms with Gasteiger partial charge in [-0.15, -0.1) is 0 Å². The van der Waals surface area contributed by atoms with E-state index >= 15 is 0 Å². The molecule has 1 aliphatic rings. The number of halogens is 6. The summed E-state index contributed by atoms with van der Waals surface area (Å²) in [5, 5.41) is 0. The summed E-state index contributed by atoms with van der Waals surface area (Å²) in [6.45, 7) is 0.519. The summed E-state index contributed by atoms with van der Waals surface area (Å²) < 4.78 is 102. The minimum absolute atomic E-state index is 0.0136. The number of rotatable bonds is 5. The van der Waals surface area contributed by atoms with Gasteiger partial charge in [0.15, 0.2) is 17.4 Å². The van der Waals surface area contributed by atoms with Crippen LogP contribution in [-0.2, 0) is 30.0 Å². The highest BCUT2D eigenvalue weighted by atomic mass is 19.4. The number of carbonyl (C=O) groups excluding carboxylic acids is 2. The average Bonchev–Trinajstić information content (AvgIpc) is 2.80. The van der Waals surface area contributed by atoms with Gasteiger partial charge in [-0.25, -0.2) is 22.8 Å². The number of esters is 2. The fraction of sp³-hybridized carbons (Fsp3) is 0.273. The Morgan fingerprint density at radius 1 is 0.943 bits per heavy atom. The van der Waals surface area contributed by atoms with Gasteiger partial charge in [-0.2, -0.15) is 13.2 Å². The van der Waals surface area contributed by atoms with Crippen molar-refractivity contribution in [3.8, 4) is 11.5 Å². The summed E-state index contributed by atoms with van der Waals surface area (Å²) in [7, 11) is 2.07. The van der Waals surface area contributed by atoms with Crippen molar-refractivity contribution >= 4 is 17.6 Å². The lowest BCUT2D eigenvalue weighted by Crippen LogP contribution is -2.39. The number of hydrogen-bond donors (Lipinski definition) is 0. The second-order valence-electron chi connectivity index (χ2n) is 7.15. The van der Waals surface area contributed by atoms with E-state index in [0.717, 1.165) is 31.3 Å². The first kappa shape index (κ1) is 25.9. The maximum atomic E-state index is 14.9. The van der Waals surface area contributed by atoms with Gasteiger partial charge in [0.2, 0.25) is 0 Å². The number of benzene rings is 2. The van der Waals surface area contributed by atoms with E-state index in [0.29, 0.717) is 0 Å². The van der Waals surface area contributed by atoms with E-state index in [1.165, 1.54) is 6.92 Å². The molecule has 0 unspecified atom stereocenters. The lowest BCUT2D eigenvalue weighted by atomic mass is 10.1. The lowest BCUT2D eigenvalue weighted by molar-refractivity contribution is -0.140. The maximum absolute atomic E-state index is 14.9. The van der Waals surface area contributed by atoms with Gasteiger partial charge in [0, 0.05) is 6.07 Å². The van der Waals surface area contributed by atoms with Crippen LogP contribution in [0.3, 0.4) is 0 Å². The van der Waals surface area contributed by atoms with Gasteiger partial charge in [-0.05, 0) is 30.7 Å². The summed E-state index contributed by atoms with van der Waals surface area (Å²) in [5.41, 5.74) is -2.66.